The second kappa shape index (κ2) is 6.38. The Balaban J connectivity index is 1.73. The van der Waals surface area contributed by atoms with Gasteiger partial charge in [0.2, 0.25) is 0 Å². The highest BCUT2D eigenvalue weighted by Crippen LogP contribution is 2.24. The molecule has 1 aliphatic rings. The van der Waals surface area contributed by atoms with Crippen molar-refractivity contribution in [1.29, 1.82) is 0 Å². The summed E-state index contributed by atoms with van der Waals surface area (Å²) in [5.74, 6) is 1.01. The molecule has 2 rings (SSSR count). The van der Waals surface area contributed by atoms with E-state index in [1.54, 1.807) is 18.4 Å². The van der Waals surface area contributed by atoms with Gasteiger partial charge in [-0.25, -0.2) is 0 Å². The van der Waals surface area contributed by atoms with Gasteiger partial charge < -0.3 is 15.0 Å². The fraction of sp³-hybridized carbons (Fsp3) is 0.692. The maximum Gasteiger partial charge on any atom is 0.134 e. The topological polar surface area (TPSA) is 24.5 Å². The largest absolute Gasteiger partial charge is 0.496 e. The third-order valence-corrected chi connectivity index (χ3v) is 4.17. The van der Waals surface area contributed by atoms with Crippen LogP contribution >= 0.6 is 11.3 Å². The molecule has 0 amide bonds. The highest BCUT2D eigenvalue weighted by molar-refractivity contribution is 7.10. The number of nitrogens with one attached hydrogen (secondary N) is 1. The number of nitrogens with zero attached hydrogens (tertiary/aromatic N) is 1. The second-order valence-corrected chi connectivity index (χ2v) is 5.70. The van der Waals surface area contributed by atoms with E-state index in [0.717, 1.165) is 18.8 Å². The van der Waals surface area contributed by atoms with Crippen molar-refractivity contribution in [3.8, 4) is 5.75 Å². The van der Waals surface area contributed by atoms with Crippen LogP contribution in [0.3, 0.4) is 0 Å². The smallest absolute Gasteiger partial charge is 0.134 e. The zero-order valence-corrected chi connectivity index (χ0v) is 11.6. The van der Waals surface area contributed by atoms with Crippen LogP contribution in [0.5, 0.6) is 5.75 Å². The average molecular weight is 254 g/mol. The predicted molar refractivity (Wildman–Crippen MR) is 72.8 cm³/mol. The molecule has 3 nitrogen and oxygen atoms in total. The van der Waals surface area contributed by atoms with Gasteiger partial charge in [-0.1, -0.05) is 0 Å². The summed E-state index contributed by atoms with van der Waals surface area (Å²) < 4.78 is 5.31. The lowest BCUT2D eigenvalue weighted by atomic mass is 10.3. The molecular formula is C13H22N2OS. The molecule has 1 aromatic rings. The summed E-state index contributed by atoms with van der Waals surface area (Å²) in [5.41, 5.74) is 0. The minimum atomic E-state index is 0.542. The number of hydrogen-bond acceptors (Lipinski definition) is 4. The lowest BCUT2D eigenvalue weighted by Crippen LogP contribution is -2.37. The van der Waals surface area contributed by atoms with Crippen molar-refractivity contribution >= 4 is 11.3 Å². The molecule has 1 unspecified atom stereocenters. The minimum absolute atomic E-state index is 0.542. The van der Waals surface area contributed by atoms with Crippen LogP contribution in [0.1, 0.15) is 24.6 Å². The van der Waals surface area contributed by atoms with Crippen molar-refractivity contribution in [2.45, 2.75) is 32.4 Å². The Labute approximate surface area is 108 Å². The lowest BCUT2D eigenvalue weighted by molar-refractivity contribution is 0.298. The van der Waals surface area contributed by atoms with Gasteiger partial charge in [-0.2, -0.15) is 0 Å². The van der Waals surface area contributed by atoms with Gasteiger partial charge in [-0.15, -0.1) is 11.3 Å². The number of likely N-dealkylation sites (tertiary alicyclic amines) is 1. The first-order valence-electron chi connectivity index (χ1n) is 6.35. The average Bonchev–Trinajstić information content (AvgIpc) is 2.96. The molecule has 0 aliphatic carbocycles. The SMILES string of the molecule is COc1ccsc1CNC(C)CN1CCCC1. The zero-order valence-electron chi connectivity index (χ0n) is 10.7. The summed E-state index contributed by atoms with van der Waals surface area (Å²) in [6, 6.07) is 2.58. The summed E-state index contributed by atoms with van der Waals surface area (Å²) in [6.07, 6.45) is 2.73. The van der Waals surface area contributed by atoms with E-state index in [1.165, 1.54) is 30.8 Å². The monoisotopic (exact) mass is 254 g/mol. The highest BCUT2D eigenvalue weighted by Gasteiger charge is 2.14. The summed E-state index contributed by atoms with van der Waals surface area (Å²) in [5, 5.41) is 5.66. The number of hydrogen-bond donors (Lipinski definition) is 1. The maximum atomic E-state index is 5.31. The van der Waals surface area contributed by atoms with Crippen LogP contribution in [0.4, 0.5) is 0 Å². The Kier molecular flexibility index (Phi) is 4.83. The van der Waals surface area contributed by atoms with Gasteiger partial charge in [0.05, 0.1) is 12.0 Å². The number of thiophene rings is 1. The Morgan fingerprint density at radius 2 is 2.24 bits per heavy atom. The van der Waals surface area contributed by atoms with Crippen molar-refractivity contribution in [2.75, 3.05) is 26.7 Å². The van der Waals surface area contributed by atoms with E-state index in [1.807, 2.05) is 6.07 Å². The van der Waals surface area contributed by atoms with Crippen molar-refractivity contribution < 1.29 is 4.74 Å². The molecule has 2 heterocycles. The normalized spacial score (nSPS) is 18.5. The van der Waals surface area contributed by atoms with Gasteiger partial charge in [0.15, 0.2) is 0 Å². The Hall–Kier alpha value is -0.580. The van der Waals surface area contributed by atoms with E-state index in [4.69, 9.17) is 4.74 Å². The van der Waals surface area contributed by atoms with E-state index in [0.29, 0.717) is 6.04 Å². The van der Waals surface area contributed by atoms with Crippen LogP contribution in [0, 0.1) is 0 Å². The van der Waals surface area contributed by atoms with Crippen molar-refractivity contribution in [3.63, 3.8) is 0 Å². The minimum Gasteiger partial charge on any atom is -0.496 e. The Bertz CT molecular complexity index is 334. The lowest BCUT2D eigenvalue weighted by Gasteiger charge is -2.21. The third kappa shape index (κ3) is 3.69. The highest BCUT2D eigenvalue weighted by atomic mass is 32.1. The van der Waals surface area contributed by atoms with Crippen molar-refractivity contribution in [2.24, 2.45) is 0 Å². The standard InChI is InChI=1S/C13H22N2OS/c1-11(10-15-6-3-4-7-15)14-9-13-12(16-2)5-8-17-13/h5,8,11,14H,3-4,6-7,9-10H2,1-2H3. The third-order valence-electron chi connectivity index (χ3n) is 3.27. The molecule has 4 heteroatoms. The first kappa shape index (κ1) is 12.9. The molecule has 1 atom stereocenters. The predicted octanol–water partition coefficient (Wildman–Crippen LogP) is 2.33. The first-order chi connectivity index (χ1) is 8.29. The van der Waals surface area contributed by atoms with Crippen LogP contribution in [-0.2, 0) is 6.54 Å². The molecule has 0 bridgehead atoms. The van der Waals surface area contributed by atoms with Gasteiger partial charge in [-0.05, 0) is 44.3 Å². The number of ether oxygens (including phenoxy) is 1. The van der Waals surface area contributed by atoms with E-state index < -0.39 is 0 Å². The molecule has 1 aromatic heterocycles. The fourth-order valence-corrected chi connectivity index (χ4v) is 3.11. The van der Waals surface area contributed by atoms with Crippen LogP contribution in [0.25, 0.3) is 0 Å². The van der Waals surface area contributed by atoms with Gasteiger partial charge in [0.25, 0.3) is 0 Å². The molecule has 0 saturated carbocycles. The molecule has 0 radical (unpaired) electrons. The second-order valence-electron chi connectivity index (χ2n) is 4.70. The first-order valence-corrected chi connectivity index (χ1v) is 7.23. The molecule has 17 heavy (non-hydrogen) atoms. The summed E-state index contributed by atoms with van der Waals surface area (Å²) in [6.45, 7) is 6.88. The van der Waals surface area contributed by atoms with Gasteiger partial charge in [-0.3, -0.25) is 0 Å². The van der Waals surface area contributed by atoms with E-state index >= 15 is 0 Å². The van der Waals surface area contributed by atoms with Gasteiger partial charge >= 0.3 is 0 Å². The molecule has 1 fully saturated rings. The summed E-state index contributed by atoms with van der Waals surface area (Å²) in [7, 11) is 1.74. The van der Waals surface area contributed by atoms with Gasteiger partial charge in [0, 0.05) is 19.1 Å². The van der Waals surface area contributed by atoms with E-state index in [-0.39, 0.29) is 0 Å². The Morgan fingerprint density at radius 1 is 1.47 bits per heavy atom. The number of rotatable bonds is 6. The van der Waals surface area contributed by atoms with Crippen LogP contribution in [-0.4, -0.2) is 37.7 Å². The van der Waals surface area contributed by atoms with Crippen LogP contribution in [0.2, 0.25) is 0 Å². The van der Waals surface area contributed by atoms with E-state index in [2.05, 4.69) is 22.5 Å². The van der Waals surface area contributed by atoms with Crippen LogP contribution in [0.15, 0.2) is 11.4 Å². The van der Waals surface area contributed by atoms with Crippen LogP contribution < -0.4 is 10.1 Å². The zero-order chi connectivity index (χ0) is 12.1. The Morgan fingerprint density at radius 3 is 2.94 bits per heavy atom. The molecule has 0 aromatic carbocycles. The molecule has 1 N–H and O–H groups in total. The molecule has 96 valence electrons. The van der Waals surface area contributed by atoms with Crippen molar-refractivity contribution in [1.82, 2.24) is 10.2 Å². The molecule has 1 aliphatic heterocycles. The number of methoxy groups -OCH3 is 1. The molecule has 0 spiro atoms. The van der Waals surface area contributed by atoms with E-state index in [9.17, 15) is 0 Å². The summed E-state index contributed by atoms with van der Waals surface area (Å²) in [4.78, 5) is 3.84. The van der Waals surface area contributed by atoms with Crippen molar-refractivity contribution in [3.05, 3.63) is 16.3 Å². The molecule has 1 saturated heterocycles. The molecular weight excluding hydrogens is 232 g/mol. The summed E-state index contributed by atoms with van der Waals surface area (Å²) >= 11 is 1.76. The quantitative estimate of drug-likeness (QED) is 0.843. The van der Waals surface area contributed by atoms with Gasteiger partial charge in [0.1, 0.15) is 5.75 Å². The maximum absolute atomic E-state index is 5.31. The fourth-order valence-electron chi connectivity index (χ4n) is 2.32.